The number of nitro groups is 1. The molecule has 33 heavy (non-hydrogen) atoms. The number of nitrogens with zero attached hydrogens (tertiary/aromatic N) is 5. The number of likely N-dealkylation sites (tertiary alicyclic amines) is 1. The molecule has 2 aromatic rings. The van der Waals surface area contributed by atoms with Crippen LogP contribution in [0, 0.1) is 10.1 Å². The Morgan fingerprint density at radius 1 is 1.30 bits per heavy atom. The molecule has 1 saturated heterocycles. The van der Waals surface area contributed by atoms with Crippen LogP contribution in [0.5, 0.6) is 0 Å². The van der Waals surface area contributed by atoms with Gasteiger partial charge in [-0.25, -0.2) is 4.79 Å². The van der Waals surface area contributed by atoms with Crippen LogP contribution in [0.4, 0.5) is 17.3 Å². The highest BCUT2D eigenvalue weighted by Crippen LogP contribution is 2.48. The van der Waals surface area contributed by atoms with Crippen LogP contribution in [0.15, 0.2) is 29.4 Å². The number of rotatable bonds is 9. The third-order valence-electron chi connectivity index (χ3n) is 6.24. The second-order valence-corrected chi connectivity index (χ2v) is 9.21. The number of ether oxygens (including phenoxy) is 1. The number of nitrogen functional groups attached to an aromatic ring is 1. The largest absolute Gasteiger partial charge is 0.467 e. The SMILES string of the molecule is COC(=O)C1(N(Cc2cccc(CN3CCCC3)c2)c2nc(SC)nc(N)c2[N+](=O)[O-])CC1. The molecule has 176 valence electrons. The van der Waals surface area contributed by atoms with E-state index >= 15 is 0 Å². The Morgan fingerprint density at radius 2 is 2.00 bits per heavy atom. The fraction of sp³-hybridized carbons (Fsp3) is 0.500. The number of nitrogens with two attached hydrogens (primary N) is 1. The highest BCUT2D eigenvalue weighted by atomic mass is 32.2. The number of benzene rings is 1. The monoisotopic (exact) mass is 472 g/mol. The van der Waals surface area contributed by atoms with Crippen molar-refractivity contribution in [2.45, 2.75) is 49.5 Å². The summed E-state index contributed by atoms with van der Waals surface area (Å²) in [7, 11) is 1.33. The quantitative estimate of drug-likeness (QED) is 0.191. The number of aromatic nitrogens is 2. The van der Waals surface area contributed by atoms with E-state index in [0.717, 1.165) is 25.2 Å². The average Bonchev–Trinajstić information content (AvgIpc) is 3.45. The molecule has 1 aromatic heterocycles. The van der Waals surface area contributed by atoms with Gasteiger partial charge in [0.15, 0.2) is 5.16 Å². The topological polar surface area (TPSA) is 128 Å². The smallest absolute Gasteiger partial charge is 0.353 e. The van der Waals surface area contributed by atoms with Crippen molar-refractivity contribution in [1.82, 2.24) is 14.9 Å². The Balaban J connectivity index is 1.75. The summed E-state index contributed by atoms with van der Waals surface area (Å²) < 4.78 is 5.08. The van der Waals surface area contributed by atoms with Crippen LogP contribution in [-0.2, 0) is 22.6 Å². The summed E-state index contributed by atoms with van der Waals surface area (Å²) in [5.41, 5.74) is 6.65. The van der Waals surface area contributed by atoms with Crippen molar-refractivity contribution >= 4 is 35.1 Å². The van der Waals surface area contributed by atoms with Crippen LogP contribution in [-0.4, -0.2) is 57.8 Å². The summed E-state index contributed by atoms with van der Waals surface area (Å²) in [4.78, 5) is 36.7. The Bertz CT molecular complexity index is 1060. The van der Waals surface area contributed by atoms with Crippen LogP contribution in [0.1, 0.15) is 36.8 Å². The maximum Gasteiger partial charge on any atom is 0.353 e. The van der Waals surface area contributed by atoms with E-state index in [1.807, 2.05) is 12.1 Å². The van der Waals surface area contributed by atoms with E-state index in [-0.39, 0.29) is 18.2 Å². The summed E-state index contributed by atoms with van der Waals surface area (Å²) in [6, 6.07) is 8.10. The molecule has 0 radical (unpaired) electrons. The van der Waals surface area contributed by atoms with Crippen LogP contribution in [0.25, 0.3) is 0 Å². The minimum absolute atomic E-state index is 0.0460. The van der Waals surface area contributed by atoms with Crippen LogP contribution in [0.3, 0.4) is 0 Å². The molecule has 1 aliphatic heterocycles. The fourth-order valence-corrected chi connectivity index (χ4v) is 4.79. The Labute approximate surface area is 196 Å². The molecule has 0 bridgehead atoms. The minimum atomic E-state index is -1.01. The third kappa shape index (κ3) is 4.74. The van der Waals surface area contributed by atoms with Gasteiger partial charge < -0.3 is 15.4 Å². The summed E-state index contributed by atoms with van der Waals surface area (Å²) in [5.74, 6) is -0.611. The molecule has 2 heterocycles. The predicted molar refractivity (Wildman–Crippen MR) is 126 cm³/mol. The zero-order valence-corrected chi connectivity index (χ0v) is 19.6. The normalized spacial score (nSPS) is 17.0. The summed E-state index contributed by atoms with van der Waals surface area (Å²) >= 11 is 1.23. The second kappa shape index (κ2) is 9.52. The maximum absolute atomic E-state index is 12.8. The molecule has 4 rings (SSSR count). The van der Waals surface area contributed by atoms with Gasteiger partial charge in [0.2, 0.25) is 11.6 Å². The number of methoxy groups -OCH3 is 1. The lowest BCUT2D eigenvalue weighted by Gasteiger charge is -2.31. The first kappa shape index (κ1) is 23.2. The van der Waals surface area contributed by atoms with Gasteiger partial charge in [0, 0.05) is 13.1 Å². The van der Waals surface area contributed by atoms with Gasteiger partial charge in [-0.1, -0.05) is 36.0 Å². The number of hydrogen-bond donors (Lipinski definition) is 1. The first-order chi connectivity index (χ1) is 15.9. The molecule has 0 unspecified atom stereocenters. The molecule has 0 atom stereocenters. The van der Waals surface area contributed by atoms with E-state index in [1.54, 1.807) is 11.2 Å². The molecule has 0 spiro atoms. The fourth-order valence-electron chi connectivity index (χ4n) is 4.42. The van der Waals surface area contributed by atoms with Gasteiger partial charge in [-0.3, -0.25) is 15.0 Å². The molecule has 10 nitrogen and oxygen atoms in total. The molecule has 1 saturated carbocycles. The molecule has 1 aromatic carbocycles. The van der Waals surface area contributed by atoms with Crippen molar-refractivity contribution in [3.8, 4) is 0 Å². The van der Waals surface area contributed by atoms with Gasteiger partial charge in [-0.05, 0) is 56.2 Å². The summed E-state index contributed by atoms with van der Waals surface area (Å²) in [6.07, 6.45) is 5.23. The van der Waals surface area contributed by atoms with Crippen molar-refractivity contribution in [3.63, 3.8) is 0 Å². The first-order valence-corrected chi connectivity index (χ1v) is 12.1. The first-order valence-electron chi connectivity index (χ1n) is 10.9. The minimum Gasteiger partial charge on any atom is -0.467 e. The lowest BCUT2D eigenvalue weighted by molar-refractivity contribution is -0.383. The predicted octanol–water partition coefficient (Wildman–Crippen LogP) is 3.00. The lowest BCUT2D eigenvalue weighted by Crippen LogP contribution is -2.45. The standard InChI is InChI=1S/C22H28N6O4S/c1-32-20(29)22(8-9-22)27(19-17(28(30)31)18(23)24-21(25-19)33-2)14-16-7-5-6-15(12-16)13-26-10-3-4-11-26/h5-7,12H,3-4,8-11,13-14H2,1-2H3,(H2,23,24,25). The second-order valence-electron chi connectivity index (χ2n) is 8.44. The highest BCUT2D eigenvalue weighted by molar-refractivity contribution is 7.98. The van der Waals surface area contributed by atoms with E-state index in [1.165, 1.54) is 37.3 Å². The van der Waals surface area contributed by atoms with Gasteiger partial charge in [0.1, 0.15) is 5.54 Å². The van der Waals surface area contributed by atoms with Crippen molar-refractivity contribution in [1.29, 1.82) is 0 Å². The highest BCUT2D eigenvalue weighted by Gasteiger charge is 2.58. The summed E-state index contributed by atoms with van der Waals surface area (Å²) in [6.45, 7) is 3.29. The Hall–Kier alpha value is -2.92. The van der Waals surface area contributed by atoms with Gasteiger partial charge in [0.05, 0.1) is 12.0 Å². The lowest BCUT2D eigenvalue weighted by atomic mass is 10.1. The van der Waals surface area contributed by atoms with Gasteiger partial charge >= 0.3 is 11.7 Å². The van der Waals surface area contributed by atoms with E-state index in [2.05, 4.69) is 27.0 Å². The van der Waals surface area contributed by atoms with Gasteiger partial charge in [-0.2, -0.15) is 9.97 Å². The Morgan fingerprint density at radius 3 is 2.61 bits per heavy atom. The van der Waals surface area contributed by atoms with E-state index in [9.17, 15) is 14.9 Å². The number of hydrogen-bond acceptors (Lipinski definition) is 10. The van der Waals surface area contributed by atoms with E-state index in [0.29, 0.717) is 18.0 Å². The van der Waals surface area contributed by atoms with Crippen LogP contribution in [0.2, 0.25) is 0 Å². The molecular weight excluding hydrogens is 444 g/mol. The van der Waals surface area contributed by atoms with Crippen molar-refractivity contribution < 1.29 is 14.5 Å². The number of carbonyl (C=O) groups excluding carboxylic acids is 1. The molecule has 2 N–H and O–H groups in total. The summed E-state index contributed by atoms with van der Waals surface area (Å²) in [5, 5.41) is 12.2. The molecule has 2 aliphatic rings. The van der Waals surface area contributed by atoms with Gasteiger partial charge in [0.25, 0.3) is 0 Å². The number of anilines is 2. The zero-order chi connectivity index (χ0) is 23.6. The molecule has 2 fully saturated rings. The van der Waals surface area contributed by atoms with E-state index in [4.69, 9.17) is 10.5 Å². The zero-order valence-electron chi connectivity index (χ0n) is 18.8. The van der Waals surface area contributed by atoms with Crippen LogP contribution < -0.4 is 10.6 Å². The van der Waals surface area contributed by atoms with E-state index < -0.39 is 22.1 Å². The Kier molecular flexibility index (Phi) is 6.71. The van der Waals surface area contributed by atoms with Gasteiger partial charge in [-0.15, -0.1) is 0 Å². The number of carbonyl (C=O) groups is 1. The number of thioether (sulfide) groups is 1. The molecular formula is C22H28N6O4S. The average molecular weight is 473 g/mol. The third-order valence-corrected chi connectivity index (χ3v) is 6.78. The van der Waals surface area contributed by atoms with Crippen LogP contribution >= 0.6 is 11.8 Å². The van der Waals surface area contributed by atoms with Crippen molar-refractivity contribution in [3.05, 3.63) is 45.5 Å². The molecule has 11 heteroatoms. The van der Waals surface area contributed by atoms with Crippen molar-refractivity contribution in [2.75, 3.05) is 37.1 Å². The maximum atomic E-state index is 12.8. The molecule has 1 aliphatic carbocycles. The van der Waals surface area contributed by atoms with Crippen molar-refractivity contribution in [2.24, 2.45) is 0 Å². The molecule has 0 amide bonds. The number of esters is 1.